The number of rotatable bonds is 9. The molecule has 0 atom stereocenters. The number of benzene rings is 1. The number of anilines is 1. The maximum absolute atomic E-state index is 12.1. The summed E-state index contributed by atoms with van der Waals surface area (Å²) in [5.74, 6) is 0.107. The summed E-state index contributed by atoms with van der Waals surface area (Å²) >= 11 is 1.26. The number of para-hydroxylation sites is 1. The number of carbonyl (C=O) groups excluding carboxylic acids is 2. The second-order valence-electron chi connectivity index (χ2n) is 5.33. The minimum atomic E-state index is -0.334. The normalized spacial score (nSPS) is 10.7. The van der Waals surface area contributed by atoms with Gasteiger partial charge >= 0.3 is 5.97 Å². The predicted octanol–water partition coefficient (Wildman–Crippen LogP) is 3.69. The van der Waals surface area contributed by atoms with Crippen LogP contribution in [0.3, 0.4) is 0 Å². The number of carbonyl (C=O) groups is 2. The van der Waals surface area contributed by atoms with Crippen LogP contribution >= 0.6 is 11.3 Å². The van der Waals surface area contributed by atoms with E-state index in [2.05, 4.69) is 10.3 Å². The fourth-order valence-electron chi connectivity index (χ4n) is 2.08. The Morgan fingerprint density at radius 2 is 2.08 bits per heavy atom. The van der Waals surface area contributed by atoms with Crippen LogP contribution in [0.25, 0.3) is 6.08 Å². The van der Waals surface area contributed by atoms with E-state index in [1.807, 2.05) is 31.2 Å². The highest BCUT2D eigenvalue weighted by Crippen LogP contribution is 2.20. The van der Waals surface area contributed by atoms with Gasteiger partial charge in [-0.1, -0.05) is 25.1 Å². The average molecular weight is 374 g/mol. The summed E-state index contributed by atoms with van der Waals surface area (Å²) in [4.78, 5) is 27.7. The number of hydrogen-bond donors (Lipinski definition) is 1. The van der Waals surface area contributed by atoms with E-state index < -0.39 is 0 Å². The molecule has 0 saturated carbocycles. The van der Waals surface area contributed by atoms with Gasteiger partial charge in [0.25, 0.3) is 0 Å². The van der Waals surface area contributed by atoms with Crippen LogP contribution in [0.5, 0.6) is 5.75 Å². The maximum Gasteiger partial charge on any atom is 0.311 e. The van der Waals surface area contributed by atoms with Crippen molar-refractivity contribution in [3.05, 3.63) is 47.0 Å². The lowest BCUT2D eigenvalue weighted by molar-refractivity contribution is -0.142. The highest BCUT2D eigenvalue weighted by molar-refractivity contribution is 7.14. The minimum Gasteiger partial charge on any atom is -0.493 e. The van der Waals surface area contributed by atoms with Gasteiger partial charge in [0.1, 0.15) is 5.75 Å². The number of aromatic nitrogens is 1. The number of hydrogen-bond acceptors (Lipinski definition) is 6. The van der Waals surface area contributed by atoms with E-state index in [1.54, 1.807) is 18.4 Å². The van der Waals surface area contributed by atoms with Gasteiger partial charge in [0.15, 0.2) is 5.13 Å². The standard InChI is InChI=1S/C19H22N2O4S/c1-3-11-25-16-8-6-5-7-14(16)9-10-17(22)21-19-20-15(13-26-19)12-18(23)24-4-2/h5-10,13H,3-4,11-12H2,1-2H3,(H,20,21,22)/b10-9+. The van der Waals surface area contributed by atoms with Gasteiger partial charge in [0.2, 0.25) is 5.91 Å². The summed E-state index contributed by atoms with van der Waals surface area (Å²) in [6.45, 7) is 4.75. The SMILES string of the molecule is CCCOc1ccccc1/C=C/C(=O)Nc1nc(CC(=O)OCC)cs1. The van der Waals surface area contributed by atoms with Crippen molar-refractivity contribution >= 4 is 34.4 Å². The molecule has 0 bridgehead atoms. The Morgan fingerprint density at radius 3 is 2.85 bits per heavy atom. The fourth-order valence-corrected chi connectivity index (χ4v) is 2.79. The smallest absolute Gasteiger partial charge is 0.311 e. The molecule has 1 amide bonds. The molecule has 6 nitrogen and oxygen atoms in total. The van der Waals surface area contributed by atoms with Gasteiger partial charge in [0, 0.05) is 17.0 Å². The summed E-state index contributed by atoms with van der Waals surface area (Å²) in [7, 11) is 0. The Kier molecular flexibility index (Phi) is 7.82. The number of nitrogens with one attached hydrogen (secondary N) is 1. The Hall–Kier alpha value is -2.67. The van der Waals surface area contributed by atoms with Crippen molar-refractivity contribution in [1.82, 2.24) is 4.98 Å². The van der Waals surface area contributed by atoms with Crippen LogP contribution in [-0.2, 0) is 20.7 Å². The molecular formula is C19H22N2O4S. The Morgan fingerprint density at radius 1 is 1.27 bits per heavy atom. The van der Waals surface area contributed by atoms with Crippen molar-refractivity contribution in [1.29, 1.82) is 0 Å². The zero-order valence-corrected chi connectivity index (χ0v) is 15.7. The molecule has 0 radical (unpaired) electrons. The third kappa shape index (κ3) is 6.33. The van der Waals surface area contributed by atoms with E-state index in [4.69, 9.17) is 9.47 Å². The third-order valence-electron chi connectivity index (χ3n) is 3.21. The zero-order valence-electron chi connectivity index (χ0n) is 14.9. The van der Waals surface area contributed by atoms with Gasteiger partial charge in [-0.05, 0) is 25.5 Å². The van der Waals surface area contributed by atoms with Gasteiger partial charge < -0.3 is 9.47 Å². The molecule has 1 heterocycles. The molecule has 0 fully saturated rings. The van der Waals surface area contributed by atoms with Crippen LogP contribution in [0.1, 0.15) is 31.5 Å². The maximum atomic E-state index is 12.1. The summed E-state index contributed by atoms with van der Waals surface area (Å²) in [5.41, 5.74) is 1.41. The number of ether oxygens (including phenoxy) is 2. The van der Waals surface area contributed by atoms with Crippen molar-refractivity contribution in [2.75, 3.05) is 18.5 Å². The van der Waals surface area contributed by atoms with E-state index >= 15 is 0 Å². The largest absolute Gasteiger partial charge is 0.493 e. The molecule has 0 saturated heterocycles. The monoisotopic (exact) mass is 374 g/mol. The van der Waals surface area contributed by atoms with Crippen LogP contribution in [0.4, 0.5) is 5.13 Å². The second-order valence-corrected chi connectivity index (χ2v) is 6.19. The summed E-state index contributed by atoms with van der Waals surface area (Å²) in [6, 6.07) is 7.53. The topological polar surface area (TPSA) is 77.5 Å². The van der Waals surface area contributed by atoms with Crippen molar-refractivity contribution in [2.45, 2.75) is 26.7 Å². The van der Waals surface area contributed by atoms with Crippen LogP contribution in [0.2, 0.25) is 0 Å². The summed E-state index contributed by atoms with van der Waals surface area (Å²) in [5, 5.41) is 4.85. The molecule has 138 valence electrons. The number of amides is 1. The second kappa shape index (κ2) is 10.4. The lowest BCUT2D eigenvalue weighted by Crippen LogP contribution is -2.09. The van der Waals surface area contributed by atoms with Gasteiger partial charge in [-0.3, -0.25) is 14.9 Å². The zero-order chi connectivity index (χ0) is 18.8. The first kappa shape index (κ1) is 19.7. The van der Waals surface area contributed by atoms with Crippen LogP contribution in [0.15, 0.2) is 35.7 Å². The molecule has 1 aromatic heterocycles. The van der Waals surface area contributed by atoms with Gasteiger partial charge in [-0.25, -0.2) is 4.98 Å². The van der Waals surface area contributed by atoms with E-state index in [1.165, 1.54) is 17.4 Å². The molecule has 2 rings (SSSR count). The molecule has 7 heteroatoms. The molecule has 0 unspecified atom stereocenters. The molecule has 26 heavy (non-hydrogen) atoms. The molecule has 0 aliphatic rings. The van der Waals surface area contributed by atoms with E-state index in [-0.39, 0.29) is 18.3 Å². The van der Waals surface area contributed by atoms with Crippen LogP contribution in [-0.4, -0.2) is 30.1 Å². The van der Waals surface area contributed by atoms with Crippen molar-refractivity contribution in [3.8, 4) is 5.75 Å². The highest BCUT2D eigenvalue weighted by atomic mass is 32.1. The van der Waals surface area contributed by atoms with E-state index in [0.29, 0.717) is 24.0 Å². The lowest BCUT2D eigenvalue weighted by atomic mass is 10.2. The van der Waals surface area contributed by atoms with Crippen molar-refractivity contribution in [2.24, 2.45) is 0 Å². The van der Waals surface area contributed by atoms with E-state index in [9.17, 15) is 9.59 Å². The van der Waals surface area contributed by atoms with Gasteiger partial charge in [0.05, 0.1) is 25.3 Å². The first-order chi connectivity index (χ1) is 12.6. The molecule has 0 aliphatic carbocycles. The Bertz CT molecular complexity index is 770. The molecule has 2 aromatic rings. The molecule has 1 N–H and O–H groups in total. The highest BCUT2D eigenvalue weighted by Gasteiger charge is 2.09. The van der Waals surface area contributed by atoms with Crippen molar-refractivity contribution < 1.29 is 19.1 Å². The summed E-state index contributed by atoms with van der Waals surface area (Å²) in [6.07, 6.45) is 4.14. The van der Waals surface area contributed by atoms with Crippen LogP contribution < -0.4 is 10.1 Å². The van der Waals surface area contributed by atoms with Crippen molar-refractivity contribution in [3.63, 3.8) is 0 Å². The number of esters is 1. The molecule has 0 aliphatic heterocycles. The van der Waals surface area contributed by atoms with E-state index in [0.717, 1.165) is 17.7 Å². The molecule has 1 aromatic carbocycles. The summed E-state index contributed by atoms with van der Waals surface area (Å²) < 4.78 is 10.5. The fraction of sp³-hybridized carbons (Fsp3) is 0.316. The number of nitrogens with zero attached hydrogens (tertiary/aromatic N) is 1. The lowest BCUT2D eigenvalue weighted by Gasteiger charge is -2.07. The first-order valence-corrected chi connectivity index (χ1v) is 9.31. The van der Waals surface area contributed by atoms with Gasteiger partial charge in [-0.2, -0.15) is 0 Å². The van der Waals surface area contributed by atoms with Crippen LogP contribution in [0, 0.1) is 0 Å². The Balaban J connectivity index is 1.94. The molecular weight excluding hydrogens is 352 g/mol. The van der Waals surface area contributed by atoms with Gasteiger partial charge in [-0.15, -0.1) is 11.3 Å². The number of thiazole rings is 1. The quantitative estimate of drug-likeness (QED) is 0.535. The minimum absolute atomic E-state index is 0.0954. The average Bonchev–Trinajstić information content (AvgIpc) is 3.05. The Labute approximate surface area is 156 Å². The third-order valence-corrected chi connectivity index (χ3v) is 4.01. The molecule has 0 spiro atoms. The first-order valence-electron chi connectivity index (χ1n) is 8.43. The predicted molar refractivity (Wildman–Crippen MR) is 102 cm³/mol.